The largest absolute Gasteiger partial charge is 0.534 e. The lowest BCUT2D eigenvalue weighted by Crippen LogP contribution is -2.28. The second-order valence-corrected chi connectivity index (χ2v) is 6.19. The van der Waals surface area contributed by atoms with Crippen LogP contribution in [-0.4, -0.2) is 23.9 Å². The summed E-state index contributed by atoms with van der Waals surface area (Å²) in [4.78, 5) is 7.33. The van der Waals surface area contributed by atoms with E-state index in [0.29, 0.717) is 4.47 Å². The van der Waals surface area contributed by atoms with E-state index in [1.807, 2.05) is 0 Å². The van der Waals surface area contributed by atoms with Gasteiger partial charge in [0.1, 0.15) is 5.52 Å². The molecule has 0 radical (unpaired) electrons. The monoisotopic (exact) mass is 390 g/mol. The summed E-state index contributed by atoms with van der Waals surface area (Å²) in [7, 11) is -5.78. The zero-order valence-electron chi connectivity index (χ0n) is 9.15. The third-order valence-corrected chi connectivity index (χ3v) is 4.29. The van der Waals surface area contributed by atoms with Gasteiger partial charge in [-0.25, -0.2) is 9.97 Å². The van der Waals surface area contributed by atoms with Crippen molar-refractivity contribution in [2.45, 2.75) is 5.51 Å². The SMILES string of the molecule is O=S(=O)(Oc1cnc2c(Cl)c(Br)ccc2n1)C(F)(F)F. The third kappa shape index (κ3) is 2.81. The lowest BCUT2D eigenvalue weighted by molar-refractivity contribution is -0.0501. The predicted octanol–water partition coefficient (Wildman–Crippen LogP) is 3.27. The third-order valence-electron chi connectivity index (χ3n) is 2.06. The molecule has 0 bridgehead atoms. The molecule has 20 heavy (non-hydrogen) atoms. The molecule has 0 fully saturated rings. The average molecular weight is 392 g/mol. The summed E-state index contributed by atoms with van der Waals surface area (Å²) in [6.07, 6.45) is 0.740. The first-order chi connectivity index (χ1) is 9.12. The molecule has 0 unspecified atom stereocenters. The van der Waals surface area contributed by atoms with E-state index in [-0.39, 0.29) is 16.1 Å². The van der Waals surface area contributed by atoms with Gasteiger partial charge in [0.15, 0.2) is 0 Å². The zero-order valence-corrected chi connectivity index (χ0v) is 12.3. The van der Waals surface area contributed by atoms with Crippen LogP contribution in [0.15, 0.2) is 22.8 Å². The van der Waals surface area contributed by atoms with E-state index in [2.05, 4.69) is 30.1 Å². The minimum absolute atomic E-state index is 0.0908. The molecule has 0 N–H and O–H groups in total. The lowest BCUT2D eigenvalue weighted by Gasteiger charge is -2.09. The van der Waals surface area contributed by atoms with E-state index in [1.54, 1.807) is 0 Å². The molecule has 1 heterocycles. The van der Waals surface area contributed by atoms with Gasteiger partial charge in [-0.1, -0.05) is 11.6 Å². The number of fused-ring (bicyclic) bond motifs is 1. The maximum Gasteiger partial charge on any atom is 0.534 e. The molecule has 0 atom stereocenters. The predicted molar refractivity (Wildman–Crippen MR) is 67.9 cm³/mol. The molecular weight excluding hydrogens is 389 g/mol. The molecule has 2 rings (SSSR count). The molecule has 0 aliphatic heterocycles. The number of aromatic nitrogens is 2. The standard InChI is InChI=1S/C9H3BrClF3N2O3S/c10-4-1-2-5-8(7(4)11)15-3-6(16-5)19-20(17,18)9(12,13)14/h1-3H. The topological polar surface area (TPSA) is 69.2 Å². The fourth-order valence-electron chi connectivity index (χ4n) is 1.21. The van der Waals surface area contributed by atoms with Gasteiger partial charge in [-0.3, -0.25) is 0 Å². The summed E-state index contributed by atoms with van der Waals surface area (Å²) in [5.74, 6) is -0.798. The Labute approximate surface area is 124 Å². The van der Waals surface area contributed by atoms with E-state index in [4.69, 9.17) is 11.6 Å². The smallest absolute Gasteiger partial charge is 0.354 e. The fourth-order valence-corrected chi connectivity index (χ4v) is 2.14. The van der Waals surface area contributed by atoms with Crippen molar-refractivity contribution in [3.8, 4) is 5.88 Å². The molecule has 0 saturated carbocycles. The average Bonchev–Trinajstić information content (AvgIpc) is 2.32. The summed E-state index contributed by atoms with van der Waals surface area (Å²) in [6, 6.07) is 2.88. The van der Waals surface area contributed by atoms with E-state index in [1.165, 1.54) is 12.1 Å². The van der Waals surface area contributed by atoms with Crippen LogP contribution in [0.25, 0.3) is 11.0 Å². The molecular formula is C9H3BrClF3N2O3S. The number of benzene rings is 1. The van der Waals surface area contributed by atoms with Gasteiger partial charge >= 0.3 is 15.6 Å². The minimum Gasteiger partial charge on any atom is -0.354 e. The van der Waals surface area contributed by atoms with E-state index in [9.17, 15) is 21.6 Å². The molecule has 11 heteroatoms. The molecule has 5 nitrogen and oxygen atoms in total. The summed E-state index contributed by atoms with van der Waals surface area (Å²) < 4.78 is 62.5. The van der Waals surface area contributed by atoms with E-state index < -0.39 is 21.5 Å². The van der Waals surface area contributed by atoms with Gasteiger partial charge < -0.3 is 4.18 Å². The first-order valence-electron chi connectivity index (χ1n) is 4.73. The Morgan fingerprint density at radius 1 is 1.30 bits per heavy atom. The number of halogens is 5. The number of hydrogen-bond donors (Lipinski definition) is 0. The molecule has 108 valence electrons. The summed E-state index contributed by atoms with van der Waals surface area (Å²) in [5, 5.41) is 0.195. The van der Waals surface area contributed by atoms with Gasteiger partial charge in [-0.2, -0.15) is 21.6 Å². The molecule has 0 aliphatic carbocycles. The van der Waals surface area contributed by atoms with Gasteiger partial charge in [0.25, 0.3) is 5.88 Å². The maximum absolute atomic E-state index is 12.2. The first-order valence-corrected chi connectivity index (χ1v) is 7.31. The lowest BCUT2D eigenvalue weighted by atomic mass is 10.3. The fraction of sp³-hybridized carbons (Fsp3) is 0.111. The second kappa shape index (κ2) is 5.01. The molecule has 0 amide bonds. The second-order valence-electron chi connectivity index (χ2n) is 3.42. The Hall–Kier alpha value is -1.13. The van der Waals surface area contributed by atoms with Crippen LogP contribution in [0.2, 0.25) is 5.02 Å². The van der Waals surface area contributed by atoms with Crippen LogP contribution in [0, 0.1) is 0 Å². The normalized spacial score (nSPS) is 12.7. The highest BCUT2D eigenvalue weighted by Crippen LogP contribution is 2.31. The minimum atomic E-state index is -5.78. The van der Waals surface area contributed by atoms with Crippen LogP contribution in [0.1, 0.15) is 0 Å². The number of nitrogens with zero attached hydrogens (tertiary/aromatic N) is 2. The summed E-state index contributed by atoms with van der Waals surface area (Å²) in [5.41, 5.74) is -5.26. The van der Waals surface area contributed by atoms with Gasteiger partial charge in [0.2, 0.25) is 0 Å². The Morgan fingerprint density at radius 2 is 1.95 bits per heavy atom. The number of alkyl halides is 3. The summed E-state index contributed by atoms with van der Waals surface area (Å²) >= 11 is 9.03. The highest BCUT2D eigenvalue weighted by atomic mass is 79.9. The first kappa shape index (κ1) is 15.3. The van der Waals surface area contributed by atoms with Crippen LogP contribution >= 0.6 is 27.5 Å². The Balaban J connectivity index is 2.47. The summed E-state index contributed by atoms with van der Waals surface area (Å²) in [6.45, 7) is 0. The maximum atomic E-state index is 12.2. The number of rotatable bonds is 2. The van der Waals surface area contributed by atoms with Gasteiger partial charge in [0.05, 0.1) is 16.7 Å². The Kier molecular flexibility index (Phi) is 3.82. The molecule has 0 aliphatic rings. The van der Waals surface area contributed by atoms with Crippen molar-refractivity contribution in [1.82, 2.24) is 9.97 Å². The molecule has 1 aromatic carbocycles. The highest BCUT2D eigenvalue weighted by Gasteiger charge is 2.48. The van der Waals surface area contributed by atoms with Gasteiger partial charge in [-0.05, 0) is 28.1 Å². The van der Waals surface area contributed by atoms with E-state index >= 15 is 0 Å². The van der Waals surface area contributed by atoms with Crippen LogP contribution in [0.3, 0.4) is 0 Å². The molecule has 0 spiro atoms. The molecule has 0 saturated heterocycles. The quantitative estimate of drug-likeness (QED) is 0.580. The van der Waals surface area contributed by atoms with Crippen molar-refractivity contribution < 1.29 is 25.8 Å². The van der Waals surface area contributed by atoms with Crippen molar-refractivity contribution in [3.05, 3.63) is 27.8 Å². The zero-order chi connectivity index (χ0) is 15.1. The Morgan fingerprint density at radius 3 is 2.55 bits per heavy atom. The van der Waals surface area contributed by atoms with Gasteiger partial charge in [-0.15, -0.1) is 0 Å². The van der Waals surface area contributed by atoms with Crippen molar-refractivity contribution >= 4 is 48.7 Å². The van der Waals surface area contributed by atoms with Crippen LogP contribution < -0.4 is 4.18 Å². The van der Waals surface area contributed by atoms with Gasteiger partial charge in [0, 0.05) is 4.47 Å². The Bertz CT molecular complexity index is 782. The van der Waals surface area contributed by atoms with Crippen molar-refractivity contribution in [2.75, 3.05) is 0 Å². The van der Waals surface area contributed by atoms with Crippen molar-refractivity contribution in [2.24, 2.45) is 0 Å². The van der Waals surface area contributed by atoms with Crippen molar-refractivity contribution in [3.63, 3.8) is 0 Å². The molecule has 1 aromatic heterocycles. The highest BCUT2D eigenvalue weighted by molar-refractivity contribution is 9.10. The number of hydrogen-bond acceptors (Lipinski definition) is 5. The van der Waals surface area contributed by atoms with Crippen LogP contribution in [-0.2, 0) is 10.1 Å². The van der Waals surface area contributed by atoms with Crippen LogP contribution in [0.4, 0.5) is 13.2 Å². The molecule has 2 aromatic rings. The van der Waals surface area contributed by atoms with Crippen LogP contribution in [0.5, 0.6) is 5.88 Å². The van der Waals surface area contributed by atoms with E-state index in [0.717, 1.165) is 6.20 Å². The van der Waals surface area contributed by atoms with Crippen molar-refractivity contribution in [1.29, 1.82) is 0 Å².